The lowest BCUT2D eigenvalue weighted by atomic mass is 9.86. The zero-order valence-electron chi connectivity index (χ0n) is 10.3. The summed E-state index contributed by atoms with van der Waals surface area (Å²) in [6.45, 7) is 6.30. The van der Waals surface area contributed by atoms with Crippen molar-refractivity contribution in [3.8, 4) is 0 Å². The van der Waals surface area contributed by atoms with Gasteiger partial charge in [0.25, 0.3) is 0 Å². The molecular weight excluding hydrogens is 188 g/mol. The van der Waals surface area contributed by atoms with Crippen LogP contribution >= 0.6 is 0 Å². The molecule has 0 heterocycles. The van der Waals surface area contributed by atoms with Gasteiger partial charge in [-0.3, -0.25) is 4.79 Å². The Morgan fingerprint density at radius 2 is 1.93 bits per heavy atom. The van der Waals surface area contributed by atoms with Gasteiger partial charge in [0.05, 0.1) is 0 Å². The van der Waals surface area contributed by atoms with Crippen molar-refractivity contribution in [1.82, 2.24) is 0 Å². The number of hydrogen-bond acceptors (Lipinski definition) is 2. The quantitative estimate of drug-likeness (QED) is 0.664. The summed E-state index contributed by atoms with van der Waals surface area (Å²) in [6.07, 6.45) is 7.40. The highest BCUT2D eigenvalue weighted by Gasteiger charge is 2.30. The number of carbonyl (C=O) groups excluding carboxylic acids is 1. The Hall–Kier alpha value is -0.530. The molecule has 0 saturated heterocycles. The first-order chi connectivity index (χ1) is 7.06. The van der Waals surface area contributed by atoms with Gasteiger partial charge in [0.1, 0.15) is 5.60 Å². The summed E-state index contributed by atoms with van der Waals surface area (Å²) in [4.78, 5) is 11.7. The van der Waals surface area contributed by atoms with E-state index >= 15 is 0 Å². The summed E-state index contributed by atoms with van der Waals surface area (Å²) in [7, 11) is 0. The van der Waals surface area contributed by atoms with E-state index in [-0.39, 0.29) is 11.6 Å². The third-order valence-electron chi connectivity index (χ3n) is 3.48. The molecule has 0 aromatic rings. The Morgan fingerprint density at radius 3 is 2.47 bits per heavy atom. The van der Waals surface area contributed by atoms with Crippen LogP contribution in [0, 0.1) is 5.92 Å². The van der Waals surface area contributed by atoms with E-state index in [2.05, 4.69) is 20.8 Å². The standard InChI is InChI=1S/C13H24O2/c1-4-11(2)10-12(14)15-13(3)8-6-5-7-9-13/h11H,4-10H2,1-3H3. The fraction of sp³-hybridized carbons (Fsp3) is 0.923. The minimum atomic E-state index is -0.164. The first-order valence-electron chi connectivity index (χ1n) is 6.27. The molecule has 0 aromatic carbocycles. The highest BCUT2D eigenvalue weighted by molar-refractivity contribution is 5.70. The fourth-order valence-electron chi connectivity index (χ4n) is 2.15. The second-order valence-corrected chi connectivity index (χ2v) is 5.20. The Labute approximate surface area is 93.4 Å². The van der Waals surface area contributed by atoms with Gasteiger partial charge in [-0.2, -0.15) is 0 Å². The predicted molar refractivity (Wildman–Crippen MR) is 61.7 cm³/mol. The molecule has 1 aliphatic rings. The number of esters is 1. The van der Waals surface area contributed by atoms with Crippen LogP contribution in [0.1, 0.15) is 65.7 Å². The second-order valence-electron chi connectivity index (χ2n) is 5.20. The highest BCUT2D eigenvalue weighted by Crippen LogP contribution is 2.31. The maximum absolute atomic E-state index is 11.7. The molecule has 1 aliphatic carbocycles. The molecule has 15 heavy (non-hydrogen) atoms. The zero-order chi connectivity index (χ0) is 11.3. The molecule has 0 amide bonds. The van der Waals surface area contributed by atoms with Crippen molar-refractivity contribution in [3.63, 3.8) is 0 Å². The van der Waals surface area contributed by atoms with Crippen LogP contribution in [0.5, 0.6) is 0 Å². The summed E-state index contributed by atoms with van der Waals surface area (Å²) in [5, 5.41) is 0. The van der Waals surface area contributed by atoms with E-state index in [0.29, 0.717) is 12.3 Å². The number of ether oxygens (including phenoxy) is 1. The van der Waals surface area contributed by atoms with Crippen LogP contribution in [-0.4, -0.2) is 11.6 Å². The van der Waals surface area contributed by atoms with Gasteiger partial charge in [0.2, 0.25) is 0 Å². The molecule has 1 rings (SSSR count). The molecule has 0 bridgehead atoms. The second kappa shape index (κ2) is 5.53. The third kappa shape index (κ3) is 4.23. The monoisotopic (exact) mass is 212 g/mol. The maximum Gasteiger partial charge on any atom is 0.306 e. The van der Waals surface area contributed by atoms with Gasteiger partial charge in [-0.1, -0.05) is 26.7 Å². The molecule has 2 nitrogen and oxygen atoms in total. The molecule has 1 unspecified atom stereocenters. The lowest BCUT2D eigenvalue weighted by molar-refractivity contribution is -0.162. The van der Waals surface area contributed by atoms with Crippen LogP contribution in [0.3, 0.4) is 0 Å². The van der Waals surface area contributed by atoms with Crippen LogP contribution in [0.25, 0.3) is 0 Å². The van der Waals surface area contributed by atoms with Gasteiger partial charge in [-0.25, -0.2) is 0 Å². The van der Waals surface area contributed by atoms with E-state index in [1.165, 1.54) is 19.3 Å². The van der Waals surface area contributed by atoms with Gasteiger partial charge in [-0.15, -0.1) is 0 Å². The minimum Gasteiger partial charge on any atom is -0.459 e. The molecule has 1 atom stereocenters. The molecule has 1 fully saturated rings. The molecule has 0 aromatic heterocycles. The average molecular weight is 212 g/mol. The summed E-state index contributed by atoms with van der Waals surface area (Å²) in [6, 6.07) is 0. The topological polar surface area (TPSA) is 26.3 Å². The van der Waals surface area contributed by atoms with Crippen molar-refractivity contribution in [2.75, 3.05) is 0 Å². The molecule has 0 radical (unpaired) electrons. The smallest absolute Gasteiger partial charge is 0.306 e. The Bertz CT molecular complexity index is 205. The Morgan fingerprint density at radius 1 is 1.33 bits per heavy atom. The molecule has 2 heteroatoms. The van der Waals surface area contributed by atoms with E-state index in [1.807, 2.05) is 0 Å². The van der Waals surface area contributed by atoms with Gasteiger partial charge >= 0.3 is 5.97 Å². The highest BCUT2D eigenvalue weighted by atomic mass is 16.6. The largest absolute Gasteiger partial charge is 0.459 e. The van der Waals surface area contributed by atoms with Crippen LogP contribution in [0.2, 0.25) is 0 Å². The number of rotatable bonds is 4. The lowest BCUT2D eigenvalue weighted by Gasteiger charge is -2.33. The minimum absolute atomic E-state index is 0.00579. The molecule has 0 aliphatic heterocycles. The van der Waals surface area contributed by atoms with Gasteiger partial charge in [-0.05, 0) is 38.5 Å². The molecule has 88 valence electrons. The van der Waals surface area contributed by atoms with Crippen molar-refractivity contribution in [1.29, 1.82) is 0 Å². The van der Waals surface area contributed by atoms with E-state index in [9.17, 15) is 4.79 Å². The maximum atomic E-state index is 11.7. The SMILES string of the molecule is CCC(C)CC(=O)OC1(C)CCCCC1. The molecular formula is C13H24O2. The van der Waals surface area contributed by atoms with Crippen LogP contribution < -0.4 is 0 Å². The first-order valence-corrected chi connectivity index (χ1v) is 6.27. The summed E-state index contributed by atoms with van der Waals surface area (Å²) in [5.41, 5.74) is -0.164. The zero-order valence-corrected chi connectivity index (χ0v) is 10.3. The average Bonchev–Trinajstić information content (AvgIpc) is 2.17. The first kappa shape index (κ1) is 12.5. The molecule has 0 spiro atoms. The van der Waals surface area contributed by atoms with E-state index in [1.54, 1.807) is 0 Å². The van der Waals surface area contributed by atoms with Crippen molar-refractivity contribution >= 4 is 5.97 Å². The van der Waals surface area contributed by atoms with Crippen molar-refractivity contribution < 1.29 is 9.53 Å². The normalized spacial score (nSPS) is 22.1. The number of carbonyl (C=O) groups is 1. The Balaban J connectivity index is 2.35. The van der Waals surface area contributed by atoms with Gasteiger partial charge in [0, 0.05) is 6.42 Å². The molecule has 1 saturated carbocycles. The summed E-state index contributed by atoms with van der Waals surface area (Å²) >= 11 is 0. The van der Waals surface area contributed by atoms with Crippen molar-refractivity contribution in [2.45, 2.75) is 71.3 Å². The third-order valence-corrected chi connectivity index (χ3v) is 3.48. The van der Waals surface area contributed by atoms with Crippen LogP contribution in [0.15, 0.2) is 0 Å². The van der Waals surface area contributed by atoms with Crippen molar-refractivity contribution in [3.05, 3.63) is 0 Å². The summed E-state index contributed by atoms with van der Waals surface area (Å²) < 4.78 is 5.61. The van der Waals surface area contributed by atoms with Gasteiger partial charge < -0.3 is 4.74 Å². The van der Waals surface area contributed by atoms with Crippen LogP contribution in [-0.2, 0) is 9.53 Å². The van der Waals surface area contributed by atoms with Crippen LogP contribution in [0.4, 0.5) is 0 Å². The lowest BCUT2D eigenvalue weighted by Crippen LogP contribution is -2.34. The fourth-order valence-corrected chi connectivity index (χ4v) is 2.15. The summed E-state index contributed by atoms with van der Waals surface area (Å²) in [5.74, 6) is 0.443. The van der Waals surface area contributed by atoms with Gasteiger partial charge in [0.15, 0.2) is 0 Å². The van der Waals surface area contributed by atoms with Crippen molar-refractivity contribution in [2.24, 2.45) is 5.92 Å². The number of hydrogen-bond donors (Lipinski definition) is 0. The molecule has 0 N–H and O–H groups in total. The predicted octanol–water partition coefficient (Wildman–Crippen LogP) is 3.69. The van der Waals surface area contributed by atoms with E-state index in [4.69, 9.17) is 4.74 Å². The van der Waals surface area contributed by atoms with E-state index in [0.717, 1.165) is 19.3 Å². The van der Waals surface area contributed by atoms with E-state index < -0.39 is 0 Å². The Kier molecular flexibility index (Phi) is 4.62.